The van der Waals surface area contributed by atoms with Crippen LogP contribution in [-0.2, 0) is 17.8 Å². The van der Waals surface area contributed by atoms with Crippen molar-refractivity contribution in [3.63, 3.8) is 0 Å². The minimum absolute atomic E-state index is 0.0245. The molecule has 2 saturated carbocycles. The molecule has 4 aliphatic rings. The van der Waals surface area contributed by atoms with E-state index in [2.05, 4.69) is 64.3 Å². The number of hydrazine groups is 1. The van der Waals surface area contributed by atoms with Crippen LogP contribution in [0.1, 0.15) is 136 Å². The summed E-state index contributed by atoms with van der Waals surface area (Å²) in [6.45, 7) is 11.2. The van der Waals surface area contributed by atoms with E-state index in [9.17, 15) is 4.79 Å². The molecule has 5 unspecified atom stereocenters. The Labute approximate surface area is 301 Å². The number of fused-ring (bicyclic) bond motifs is 3. The van der Waals surface area contributed by atoms with E-state index < -0.39 is 0 Å². The summed E-state index contributed by atoms with van der Waals surface area (Å²) in [6.07, 6.45) is 21.8. The van der Waals surface area contributed by atoms with Crippen LogP contribution in [0.4, 0.5) is 5.82 Å². The molecule has 0 radical (unpaired) electrons. The lowest BCUT2D eigenvalue weighted by molar-refractivity contribution is -0.132. The monoisotopic (exact) mass is 684 g/mol. The van der Waals surface area contributed by atoms with Gasteiger partial charge in [0.05, 0.1) is 17.1 Å². The number of benzene rings is 1. The summed E-state index contributed by atoms with van der Waals surface area (Å²) >= 11 is 0. The number of hydrogen-bond acceptors (Lipinski definition) is 7. The van der Waals surface area contributed by atoms with Gasteiger partial charge in [-0.25, -0.2) is 15.0 Å². The number of carbonyl (C=O) groups is 1. The van der Waals surface area contributed by atoms with Gasteiger partial charge in [0, 0.05) is 48.9 Å². The van der Waals surface area contributed by atoms with Crippen LogP contribution in [0.15, 0.2) is 24.3 Å². The van der Waals surface area contributed by atoms with Crippen LogP contribution >= 0.6 is 0 Å². The number of nitrogen functional groups attached to an aromatic ring is 1. The quantitative estimate of drug-likeness (QED) is 0.175. The van der Waals surface area contributed by atoms with Gasteiger partial charge in [0.15, 0.2) is 11.6 Å². The lowest BCUT2D eigenvalue weighted by Crippen LogP contribution is -2.57. The molecule has 4 heterocycles. The molecule has 4 N–H and O–H groups in total. The standard InChI is InChI=1S/C42H65N7O/c1-4-5-23-36-46-37-38(33-20-11-12-21-34(33)45-40(37)43)49(36)29-30-24-27-48(28-25-30)44-26-14-13-22-35-39(50)41(2)31-16-9-7-6-8-10-17-32(19-15-18-31)42(41,3)47-35/h11-12,20-21,30-32,35,44,47H,4-10,13-19,22-29H2,1-3H3,(H2,43,45). The number of unbranched alkanes of at least 4 members (excludes halogenated alkanes) is 2. The third kappa shape index (κ3) is 6.86. The Bertz CT molecular complexity index is 1610. The second kappa shape index (κ2) is 15.6. The van der Waals surface area contributed by atoms with Gasteiger partial charge in [-0.1, -0.05) is 83.4 Å². The Morgan fingerprint density at radius 3 is 2.42 bits per heavy atom. The van der Waals surface area contributed by atoms with E-state index in [-0.39, 0.29) is 17.0 Å². The number of para-hydroxylation sites is 1. The van der Waals surface area contributed by atoms with Crippen molar-refractivity contribution in [2.75, 3.05) is 25.4 Å². The highest BCUT2D eigenvalue weighted by atomic mass is 16.1. The Hall–Kier alpha value is -2.55. The zero-order valence-electron chi connectivity index (χ0n) is 31.4. The summed E-state index contributed by atoms with van der Waals surface area (Å²) in [5.41, 5.74) is 12.9. The molecule has 2 aliphatic heterocycles. The summed E-state index contributed by atoms with van der Waals surface area (Å²) in [6, 6.07) is 8.38. The number of ketones is 1. The van der Waals surface area contributed by atoms with Crippen molar-refractivity contribution >= 4 is 33.5 Å². The number of rotatable bonds is 11. The van der Waals surface area contributed by atoms with Gasteiger partial charge in [0.25, 0.3) is 0 Å². The molecule has 3 aromatic rings. The zero-order chi connectivity index (χ0) is 34.7. The highest BCUT2D eigenvalue weighted by Crippen LogP contribution is 2.56. The first kappa shape index (κ1) is 35.8. The molecule has 4 fully saturated rings. The predicted molar refractivity (Wildman–Crippen MR) is 206 cm³/mol. The van der Waals surface area contributed by atoms with Crippen LogP contribution in [-0.4, -0.2) is 56.5 Å². The smallest absolute Gasteiger partial charge is 0.157 e. The number of anilines is 1. The number of nitrogens with one attached hydrogen (secondary N) is 2. The number of Topliss-reactive ketones (excluding diaryl/α,β-unsaturated/α-hetero) is 1. The van der Waals surface area contributed by atoms with Crippen LogP contribution in [0.25, 0.3) is 21.9 Å². The van der Waals surface area contributed by atoms with Crippen molar-refractivity contribution < 1.29 is 4.79 Å². The van der Waals surface area contributed by atoms with E-state index in [0.29, 0.717) is 29.4 Å². The van der Waals surface area contributed by atoms with E-state index in [4.69, 9.17) is 10.7 Å². The fraction of sp³-hybridized carbons (Fsp3) is 0.738. The zero-order valence-corrected chi connectivity index (χ0v) is 31.4. The first-order valence-electron chi connectivity index (χ1n) is 20.7. The highest BCUT2D eigenvalue weighted by Gasteiger charge is 2.64. The van der Waals surface area contributed by atoms with E-state index in [0.717, 1.165) is 92.5 Å². The SMILES string of the molecule is CCCCc1nc2c(N)nc3ccccc3c2n1CC1CCN(NCCCCC2NC3(C)C4CCCCCCCC(CCC4)C3(C)C2=O)CC1. The molecule has 2 bridgehead atoms. The van der Waals surface area contributed by atoms with E-state index in [1.54, 1.807) is 0 Å². The molecule has 8 nitrogen and oxygen atoms in total. The van der Waals surface area contributed by atoms with Crippen molar-refractivity contribution in [1.29, 1.82) is 0 Å². The van der Waals surface area contributed by atoms with E-state index in [1.807, 2.05) is 6.07 Å². The van der Waals surface area contributed by atoms with Gasteiger partial charge < -0.3 is 15.6 Å². The Kier molecular flexibility index (Phi) is 11.2. The van der Waals surface area contributed by atoms with Crippen molar-refractivity contribution in [3.8, 4) is 0 Å². The van der Waals surface area contributed by atoms with Gasteiger partial charge in [-0.05, 0) is 88.5 Å². The molecule has 50 heavy (non-hydrogen) atoms. The molecule has 274 valence electrons. The van der Waals surface area contributed by atoms with Crippen molar-refractivity contribution in [3.05, 3.63) is 30.1 Å². The van der Waals surface area contributed by atoms with Crippen LogP contribution in [0.3, 0.4) is 0 Å². The summed E-state index contributed by atoms with van der Waals surface area (Å²) in [5, 5.41) is 7.66. The molecule has 2 aromatic heterocycles. The third-order valence-corrected chi connectivity index (χ3v) is 14.0. The van der Waals surface area contributed by atoms with Gasteiger partial charge in [-0.15, -0.1) is 0 Å². The minimum Gasteiger partial charge on any atom is -0.382 e. The maximum Gasteiger partial charge on any atom is 0.157 e. The average Bonchev–Trinajstić information content (AvgIpc) is 3.53. The van der Waals surface area contributed by atoms with Gasteiger partial charge in [-0.3, -0.25) is 10.2 Å². The first-order chi connectivity index (χ1) is 24.3. The predicted octanol–water partition coefficient (Wildman–Crippen LogP) is 8.36. The lowest BCUT2D eigenvalue weighted by atomic mass is 9.58. The minimum atomic E-state index is -0.220. The molecule has 2 aliphatic carbocycles. The number of nitrogens with two attached hydrogens (primary N) is 1. The maximum atomic E-state index is 14.3. The summed E-state index contributed by atoms with van der Waals surface area (Å²) in [4.78, 5) is 24.1. The molecule has 1 aromatic carbocycles. The summed E-state index contributed by atoms with van der Waals surface area (Å²) in [7, 11) is 0. The van der Waals surface area contributed by atoms with Crippen LogP contribution in [0, 0.1) is 23.2 Å². The van der Waals surface area contributed by atoms with Gasteiger partial charge in [-0.2, -0.15) is 0 Å². The number of piperidine rings is 1. The third-order valence-electron chi connectivity index (χ3n) is 14.0. The largest absolute Gasteiger partial charge is 0.382 e. The van der Waals surface area contributed by atoms with Gasteiger partial charge >= 0.3 is 0 Å². The van der Waals surface area contributed by atoms with Gasteiger partial charge in [0.1, 0.15) is 11.3 Å². The Morgan fingerprint density at radius 1 is 0.900 bits per heavy atom. The maximum absolute atomic E-state index is 14.3. The van der Waals surface area contributed by atoms with Crippen molar-refractivity contribution in [1.82, 2.24) is 30.3 Å². The van der Waals surface area contributed by atoms with Crippen LogP contribution in [0.5, 0.6) is 0 Å². The van der Waals surface area contributed by atoms with Gasteiger partial charge in [0.2, 0.25) is 0 Å². The van der Waals surface area contributed by atoms with Crippen LogP contribution in [0.2, 0.25) is 0 Å². The van der Waals surface area contributed by atoms with Crippen LogP contribution < -0.4 is 16.5 Å². The second-order valence-corrected chi connectivity index (χ2v) is 16.9. The number of carbonyl (C=O) groups excluding carboxylic acids is 1. The number of nitrogens with zero attached hydrogens (tertiary/aromatic N) is 4. The number of pyridine rings is 1. The number of imidazole rings is 1. The first-order valence-corrected chi connectivity index (χ1v) is 20.7. The molecular weight excluding hydrogens is 619 g/mol. The molecule has 8 heteroatoms. The molecule has 0 spiro atoms. The summed E-state index contributed by atoms with van der Waals surface area (Å²) in [5.74, 6) is 4.01. The molecule has 0 amide bonds. The number of hydrogen-bond donors (Lipinski definition) is 3. The van der Waals surface area contributed by atoms with Crippen molar-refractivity contribution in [2.45, 2.75) is 154 Å². The molecule has 7 rings (SSSR count). The Balaban J connectivity index is 0.915. The average molecular weight is 684 g/mol. The van der Waals surface area contributed by atoms with E-state index >= 15 is 0 Å². The lowest BCUT2D eigenvalue weighted by Gasteiger charge is -2.47. The number of aryl methyl sites for hydroxylation is 1. The van der Waals surface area contributed by atoms with Crippen molar-refractivity contribution in [2.24, 2.45) is 23.2 Å². The molecule has 2 saturated heterocycles. The second-order valence-electron chi connectivity index (χ2n) is 16.9. The van der Waals surface area contributed by atoms with E-state index in [1.165, 1.54) is 77.0 Å². The highest BCUT2D eigenvalue weighted by molar-refractivity contribution is 6.06. The molecule has 5 atom stereocenters. The Morgan fingerprint density at radius 2 is 1.62 bits per heavy atom. The normalized spacial score (nSPS) is 30.1. The summed E-state index contributed by atoms with van der Waals surface area (Å²) < 4.78 is 2.48. The topological polar surface area (TPSA) is 101 Å². The fourth-order valence-corrected chi connectivity index (χ4v) is 10.8. The number of aromatic nitrogens is 3. The molecular formula is C42H65N7O. The fourth-order valence-electron chi connectivity index (χ4n) is 10.8.